The first-order chi connectivity index (χ1) is 9.21. The van der Waals surface area contributed by atoms with E-state index < -0.39 is 0 Å². The number of nitrogens with zero attached hydrogens (tertiary/aromatic N) is 2. The molecule has 1 aromatic heterocycles. The molecule has 2 aromatic rings. The Balaban J connectivity index is 2.23. The van der Waals surface area contributed by atoms with Crippen molar-refractivity contribution >= 4 is 17.4 Å². The molecule has 0 spiro atoms. The highest BCUT2D eigenvalue weighted by molar-refractivity contribution is 6.30. The zero-order valence-corrected chi connectivity index (χ0v) is 11.6. The Kier molecular flexibility index (Phi) is 4.71. The van der Waals surface area contributed by atoms with Gasteiger partial charge in [-0.25, -0.2) is 15.8 Å². The lowest BCUT2D eigenvalue weighted by Gasteiger charge is -2.07. The molecule has 0 fully saturated rings. The van der Waals surface area contributed by atoms with E-state index in [2.05, 4.69) is 22.3 Å². The van der Waals surface area contributed by atoms with Crippen LogP contribution in [0.4, 0.5) is 5.82 Å². The minimum absolute atomic E-state index is 0.655. The van der Waals surface area contributed by atoms with Gasteiger partial charge in [-0.3, -0.25) is 0 Å². The van der Waals surface area contributed by atoms with E-state index in [0.29, 0.717) is 12.2 Å². The lowest BCUT2D eigenvalue weighted by molar-refractivity contribution is 0.842. The predicted octanol–water partition coefficient (Wildman–Crippen LogP) is 2.96. The summed E-state index contributed by atoms with van der Waals surface area (Å²) in [5, 5.41) is 0.730. The zero-order valence-electron chi connectivity index (χ0n) is 10.9. The minimum Gasteiger partial charge on any atom is -0.308 e. The Morgan fingerprint density at radius 2 is 1.95 bits per heavy atom. The molecule has 1 aromatic carbocycles. The summed E-state index contributed by atoms with van der Waals surface area (Å²) in [5.74, 6) is 6.86. The molecule has 0 aliphatic carbocycles. The van der Waals surface area contributed by atoms with E-state index in [4.69, 9.17) is 17.4 Å². The highest BCUT2D eigenvalue weighted by atomic mass is 35.5. The van der Waals surface area contributed by atoms with Crippen molar-refractivity contribution in [3.63, 3.8) is 0 Å². The predicted molar refractivity (Wildman–Crippen MR) is 78.1 cm³/mol. The van der Waals surface area contributed by atoms with Crippen molar-refractivity contribution in [1.82, 2.24) is 9.97 Å². The monoisotopic (exact) mass is 276 g/mol. The molecule has 0 radical (unpaired) electrons. The molecule has 3 N–H and O–H groups in total. The van der Waals surface area contributed by atoms with Gasteiger partial charge < -0.3 is 5.43 Å². The Morgan fingerprint density at radius 1 is 1.21 bits per heavy atom. The van der Waals surface area contributed by atoms with Gasteiger partial charge in [0.15, 0.2) is 0 Å². The summed E-state index contributed by atoms with van der Waals surface area (Å²) in [6.45, 7) is 2.12. The summed E-state index contributed by atoms with van der Waals surface area (Å²) < 4.78 is 0. The van der Waals surface area contributed by atoms with E-state index in [0.717, 1.165) is 34.9 Å². The SMILES string of the molecule is CCCc1cc(NN)nc(Cc2ccc(Cl)cc2)n1. The van der Waals surface area contributed by atoms with E-state index in [-0.39, 0.29) is 0 Å². The highest BCUT2D eigenvalue weighted by Gasteiger charge is 2.05. The summed E-state index contributed by atoms with van der Waals surface area (Å²) in [5.41, 5.74) is 4.72. The molecular formula is C14H17ClN4. The molecule has 1 heterocycles. The molecule has 0 saturated carbocycles. The molecule has 0 amide bonds. The van der Waals surface area contributed by atoms with Crippen molar-refractivity contribution in [2.45, 2.75) is 26.2 Å². The fraction of sp³-hybridized carbons (Fsp3) is 0.286. The Labute approximate surface area is 118 Å². The van der Waals surface area contributed by atoms with E-state index in [1.54, 1.807) is 0 Å². The molecular weight excluding hydrogens is 260 g/mol. The van der Waals surface area contributed by atoms with Crippen LogP contribution in [0.5, 0.6) is 0 Å². The summed E-state index contributed by atoms with van der Waals surface area (Å²) in [6, 6.07) is 9.58. The lowest BCUT2D eigenvalue weighted by Crippen LogP contribution is -2.12. The van der Waals surface area contributed by atoms with Gasteiger partial charge in [0.2, 0.25) is 0 Å². The fourth-order valence-corrected chi connectivity index (χ4v) is 2.00. The second kappa shape index (κ2) is 6.50. The largest absolute Gasteiger partial charge is 0.308 e. The first kappa shape index (κ1) is 13.8. The number of anilines is 1. The molecule has 4 nitrogen and oxygen atoms in total. The summed E-state index contributed by atoms with van der Waals surface area (Å²) in [6.07, 6.45) is 2.63. The van der Waals surface area contributed by atoms with Crippen molar-refractivity contribution in [1.29, 1.82) is 0 Å². The molecule has 2 rings (SSSR count). The van der Waals surface area contributed by atoms with Crippen LogP contribution in [0.3, 0.4) is 0 Å². The maximum absolute atomic E-state index is 5.87. The van der Waals surface area contributed by atoms with Gasteiger partial charge in [-0.2, -0.15) is 0 Å². The number of aromatic nitrogens is 2. The average molecular weight is 277 g/mol. The number of nitrogen functional groups attached to an aromatic ring is 1. The average Bonchev–Trinajstić information content (AvgIpc) is 2.41. The third-order valence-corrected chi connectivity index (χ3v) is 3.01. The molecule has 19 heavy (non-hydrogen) atoms. The third-order valence-electron chi connectivity index (χ3n) is 2.76. The number of rotatable bonds is 5. The number of nitrogens with one attached hydrogen (secondary N) is 1. The number of hydrogen-bond donors (Lipinski definition) is 2. The molecule has 0 saturated heterocycles. The number of nitrogens with two attached hydrogens (primary N) is 1. The zero-order chi connectivity index (χ0) is 13.7. The van der Waals surface area contributed by atoms with Gasteiger partial charge in [-0.05, 0) is 24.1 Å². The van der Waals surface area contributed by atoms with Gasteiger partial charge in [0, 0.05) is 23.2 Å². The molecule has 5 heteroatoms. The van der Waals surface area contributed by atoms with Crippen LogP contribution in [0.15, 0.2) is 30.3 Å². The number of hydrogen-bond acceptors (Lipinski definition) is 4. The molecule has 0 atom stereocenters. The maximum atomic E-state index is 5.87. The summed E-state index contributed by atoms with van der Waals surface area (Å²) in [7, 11) is 0. The van der Waals surface area contributed by atoms with Crippen LogP contribution in [-0.2, 0) is 12.8 Å². The van der Waals surface area contributed by atoms with Gasteiger partial charge in [0.1, 0.15) is 11.6 Å². The topological polar surface area (TPSA) is 63.8 Å². The second-order valence-corrected chi connectivity index (χ2v) is 4.79. The second-order valence-electron chi connectivity index (χ2n) is 4.36. The van der Waals surface area contributed by atoms with Crippen molar-refractivity contribution in [3.8, 4) is 0 Å². The number of benzene rings is 1. The van der Waals surface area contributed by atoms with Gasteiger partial charge in [0.05, 0.1) is 0 Å². The van der Waals surface area contributed by atoms with Crippen LogP contribution in [0.2, 0.25) is 5.02 Å². The normalized spacial score (nSPS) is 10.5. The van der Waals surface area contributed by atoms with E-state index in [9.17, 15) is 0 Å². The van der Waals surface area contributed by atoms with Crippen molar-refractivity contribution in [3.05, 3.63) is 52.4 Å². The van der Waals surface area contributed by atoms with Gasteiger partial charge in [0.25, 0.3) is 0 Å². The van der Waals surface area contributed by atoms with Gasteiger partial charge >= 0.3 is 0 Å². The van der Waals surface area contributed by atoms with E-state index in [1.807, 2.05) is 30.3 Å². The number of halogens is 1. The Hall–Kier alpha value is -1.65. The van der Waals surface area contributed by atoms with Gasteiger partial charge in [-0.1, -0.05) is 37.1 Å². The summed E-state index contributed by atoms with van der Waals surface area (Å²) in [4.78, 5) is 8.92. The van der Waals surface area contributed by atoms with Crippen LogP contribution in [0, 0.1) is 0 Å². The summed E-state index contributed by atoms with van der Waals surface area (Å²) >= 11 is 5.87. The van der Waals surface area contributed by atoms with Crippen LogP contribution in [-0.4, -0.2) is 9.97 Å². The van der Waals surface area contributed by atoms with Crippen molar-refractivity contribution in [2.24, 2.45) is 5.84 Å². The number of hydrazine groups is 1. The van der Waals surface area contributed by atoms with Crippen LogP contribution < -0.4 is 11.3 Å². The molecule has 0 unspecified atom stereocenters. The van der Waals surface area contributed by atoms with Crippen LogP contribution in [0.25, 0.3) is 0 Å². The quantitative estimate of drug-likeness (QED) is 0.651. The minimum atomic E-state index is 0.655. The van der Waals surface area contributed by atoms with Gasteiger partial charge in [-0.15, -0.1) is 0 Å². The van der Waals surface area contributed by atoms with Crippen molar-refractivity contribution in [2.75, 3.05) is 5.43 Å². The molecule has 0 bridgehead atoms. The van der Waals surface area contributed by atoms with E-state index in [1.165, 1.54) is 0 Å². The molecule has 0 aliphatic heterocycles. The maximum Gasteiger partial charge on any atom is 0.143 e. The first-order valence-electron chi connectivity index (χ1n) is 6.29. The first-order valence-corrected chi connectivity index (χ1v) is 6.67. The molecule has 100 valence electrons. The third kappa shape index (κ3) is 3.91. The number of aryl methyl sites for hydroxylation is 1. The fourth-order valence-electron chi connectivity index (χ4n) is 1.87. The standard InChI is InChI=1S/C14H17ClN4/c1-2-3-12-9-14(19-16)18-13(17-12)8-10-4-6-11(15)7-5-10/h4-7,9H,2-3,8,16H2,1H3,(H,17,18,19). The smallest absolute Gasteiger partial charge is 0.143 e. The lowest BCUT2D eigenvalue weighted by atomic mass is 10.1. The van der Waals surface area contributed by atoms with Crippen molar-refractivity contribution < 1.29 is 0 Å². The van der Waals surface area contributed by atoms with Crippen LogP contribution in [0.1, 0.15) is 30.4 Å². The Bertz CT molecular complexity index is 540. The van der Waals surface area contributed by atoms with Crippen LogP contribution >= 0.6 is 11.6 Å². The van der Waals surface area contributed by atoms with E-state index >= 15 is 0 Å². The molecule has 0 aliphatic rings. The Morgan fingerprint density at radius 3 is 2.58 bits per heavy atom. The highest BCUT2D eigenvalue weighted by Crippen LogP contribution is 2.14.